The summed E-state index contributed by atoms with van der Waals surface area (Å²) in [6.07, 6.45) is 1.38. The van der Waals surface area contributed by atoms with E-state index in [9.17, 15) is 14.7 Å². The summed E-state index contributed by atoms with van der Waals surface area (Å²) in [7, 11) is 0. The zero-order valence-corrected chi connectivity index (χ0v) is 11.0. The molecule has 2 aromatic rings. The largest absolute Gasteiger partial charge is 0.479 e. The molecule has 102 valence electrons. The summed E-state index contributed by atoms with van der Waals surface area (Å²) in [6.45, 7) is 0. The summed E-state index contributed by atoms with van der Waals surface area (Å²) in [5, 5.41) is 11.8. The van der Waals surface area contributed by atoms with Crippen LogP contribution in [0.4, 0.5) is 0 Å². The fourth-order valence-corrected chi connectivity index (χ4v) is 1.87. The van der Waals surface area contributed by atoms with Gasteiger partial charge in [0, 0.05) is 11.8 Å². The number of aliphatic carboxylic acids is 1. The first-order valence-corrected chi connectivity index (χ1v) is 6.16. The van der Waals surface area contributed by atoms with Gasteiger partial charge in [0.2, 0.25) is 0 Å². The van der Waals surface area contributed by atoms with Crippen molar-refractivity contribution in [1.29, 1.82) is 0 Å². The molecule has 0 fully saturated rings. The number of hydrogen-bond donors (Lipinski definition) is 2. The molecule has 0 spiro atoms. The van der Waals surface area contributed by atoms with Crippen molar-refractivity contribution in [2.24, 2.45) is 0 Å². The lowest BCUT2D eigenvalue weighted by Crippen LogP contribution is -2.33. The highest BCUT2D eigenvalue weighted by atomic mass is 35.5. The Balaban J connectivity index is 2.21. The average molecular weight is 291 g/mol. The van der Waals surface area contributed by atoms with Crippen molar-refractivity contribution in [3.8, 4) is 0 Å². The Kier molecular flexibility index (Phi) is 4.32. The van der Waals surface area contributed by atoms with Crippen LogP contribution < -0.4 is 5.32 Å². The van der Waals surface area contributed by atoms with Crippen LogP contribution in [0.5, 0.6) is 0 Å². The Morgan fingerprint density at radius 2 is 1.90 bits per heavy atom. The first-order chi connectivity index (χ1) is 9.58. The molecule has 0 aliphatic carbocycles. The van der Waals surface area contributed by atoms with Gasteiger partial charge in [0.15, 0.2) is 6.04 Å². The van der Waals surface area contributed by atoms with Gasteiger partial charge in [-0.05, 0) is 17.7 Å². The van der Waals surface area contributed by atoms with Gasteiger partial charge in [-0.3, -0.25) is 4.79 Å². The molecule has 1 aromatic carbocycles. The highest BCUT2D eigenvalue weighted by molar-refractivity contribution is 6.29. The molecule has 0 bridgehead atoms. The van der Waals surface area contributed by atoms with E-state index in [-0.39, 0.29) is 10.7 Å². The Hall–Kier alpha value is -2.40. The lowest BCUT2D eigenvalue weighted by Gasteiger charge is -2.14. The third kappa shape index (κ3) is 3.33. The molecule has 0 saturated heterocycles. The number of halogens is 1. The maximum absolute atomic E-state index is 12.0. The molecule has 2 rings (SSSR count). The van der Waals surface area contributed by atoms with Crippen molar-refractivity contribution in [3.05, 3.63) is 64.9 Å². The standard InChI is InChI=1S/C14H11ClN2O3/c15-11-8-10(6-7-16-11)13(18)17-12(14(19)20)9-4-2-1-3-5-9/h1-8,12H,(H,17,18)(H,19,20). The van der Waals surface area contributed by atoms with Crippen LogP contribution in [0.2, 0.25) is 5.15 Å². The van der Waals surface area contributed by atoms with E-state index in [0.29, 0.717) is 5.56 Å². The summed E-state index contributed by atoms with van der Waals surface area (Å²) in [5.74, 6) is -1.66. The number of benzene rings is 1. The van der Waals surface area contributed by atoms with Crippen LogP contribution in [-0.4, -0.2) is 22.0 Å². The average Bonchev–Trinajstić information content (AvgIpc) is 2.45. The molecule has 1 heterocycles. The number of pyridine rings is 1. The van der Waals surface area contributed by atoms with E-state index in [4.69, 9.17) is 11.6 Å². The Labute approximate surface area is 120 Å². The van der Waals surface area contributed by atoms with Gasteiger partial charge in [0.25, 0.3) is 5.91 Å². The second-order valence-corrected chi connectivity index (χ2v) is 4.41. The maximum atomic E-state index is 12.0. The fraction of sp³-hybridized carbons (Fsp3) is 0.0714. The highest BCUT2D eigenvalue weighted by Crippen LogP contribution is 2.14. The molecule has 0 radical (unpaired) electrons. The summed E-state index contributed by atoms with van der Waals surface area (Å²) in [5.41, 5.74) is 0.751. The molecule has 2 N–H and O–H groups in total. The summed E-state index contributed by atoms with van der Waals surface area (Å²) in [6, 6.07) is 10.2. The highest BCUT2D eigenvalue weighted by Gasteiger charge is 2.22. The lowest BCUT2D eigenvalue weighted by atomic mass is 10.1. The Bertz CT molecular complexity index is 631. The molecule has 1 atom stereocenters. The van der Waals surface area contributed by atoms with Gasteiger partial charge in [0.05, 0.1) is 0 Å². The molecular weight excluding hydrogens is 280 g/mol. The van der Waals surface area contributed by atoms with Crippen molar-refractivity contribution in [2.45, 2.75) is 6.04 Å². The second kappa shape index (κ2) is 6.16. The van der Waals surface area contributed by atoms with Crippen LogP contribution in [0.15, 0.2) is 48.7 Å². The minimum Gasteiger partial charge on any atom is -0.479 e. The van der Waals surface area contributed by atoms with Crippen molar-refractivity contribution in [2.75, 3.05) is 0 Å². The van der Waals surface area contributed by atoms with Gasteiger partial charge >= 0.3 is 5.97 Å². The van der Waals surface area contributed by atoms with Gasteiger partial charge in [-0.25, -0.2) is 9.78 Å². The van der Waals surface area contributed by atoms with E-state index in [1.807, 2.05) is 0 Å². The molecule has 0 aliphatic rings. The Morgan fingerprint density at radius 1 is 1.20 bits per heavy atom. The van der Waals surface area contributed by atoms with Crippen LogP contribution in [0.25, 0.3) is 0 Å². The molecule has 20 heavy (non-hydrogen) atoms. The third-order valence-corrected chi connectivity index (χ3v) is 2.85. The monoisotopic (exact) mass is 290 g/mol. The Morgan fingerprint density at radius 3 is 2.50 bits per heavy atom. The smallest absolute Gasteiger partial charge is 0.330 e. The molecule has 1 aromatic heterocycles. The predicted molar refractivity (Wildman–Crippen MR) is 73.5 cm³/mol. The SMILES string of the molecule is O=C(NC(C(=O)O)c1ccccc1)c1ccnc(Cl)c1. The zero-order valence-electron chi connectivity index (χ0n) is 10.3. The van der Waals surface area contributed by atoms with E-state index in [0.717, 1.165) is 0 Å². The van der Waals surface area contributed by atoms with Crippen LogP contribution >= 0.6 is 11.6 Å². The summed E-state index contributed by atoms with van der Waals surface area (Å²) in [4.78, 5) is 27.1. The van der Waals surface area contributed by atoms with Crippen LogP contribution in [0.3, 0.4) is 0 Å². The summed E-state index contributed by atoms with van der Waals surface area (Å²) < 4.78 is 0. The molecular formula is C14H11ClN2O3. The normalized spacial score (nSPS) is 11.7. The van der Waals surface area contributed by atoms with Crippen molar-refractivity contribution < 1.29 is 14.7 Å². The number of nitrogens with one attached hydrogen (secondary N) is 1. The van der Waals surface area contributed by atoms with Gasteiger partial charge < -0.3 is 10.4 Å². The predicted octanol–water partition coefficient (Wildman–Crippen LogP) is 2.29. The van der Waals surface area contributed by atoms with E-state index < -0.39 is 17.9 Å². The number of nitrogens with zero attached hydrogens (tertiary/aromatic N) is 1. The minimum atomic E-state index is -1.13. The molecule has 0 aliphatic heterocycles. The van der Waals surface area contributed by atoms with E-state index in [1.54, 1.807) is 30.3 Å². The molecule has 1 unspecified atom stereocenters. The van der Waals surface area contributed by atoms with Crippen LogP contribution in [0, 0.1) is 0 Å². The van der Waals surface area contributed by atoms with Gasteiger partial charge in [-0.2, -0.15) is 0 Å². The third-order valence-electron chi connectivity index (χ3n) is 2.64. The van der Waals surface area contributed by atoms with E-state index >= 15 is 0 Å². The van der Waals surface area contributed by atoms with Crippen LogP contribution in [-0.2, 0) is 4.79 Å². The topological polar surface area (TPSA) is 79.3 Å². The van der Waals surface area contributed by atoms with E-state index in [1.165, 1.54) is 18.3 Å². The number of carboxylic acids is 1. The zero-order chi connectivity index (χ0) is 14.5. The number of carbonyl (C=O) groups is 2. The first kappa shape index (κ1) is 14.0. The van der Waals surface area contributed by atoms with Gasteiger partial charge in [-0.15, -0.1) is 0 Å². The summed E-state index contributed by atoms with van der Waals surface area (Å²) >= 11 is 5.70. The minimum absolute atomic E-state index is 0.171. The van der Waals surface area contributed by atoms with Crippen molar-refractivity contribution in [3.63, 3.8) is 0 Å². The maximum Gasteiger partial charge on any atom is 0.330 e. The molecule has 0 saturated carbocycles. The molecule has 5 nitrogen and oxygen atoms in total. The van der Waals surface area contributed by atoms with Crippen molar-refractivity contribution >= 4 is 23.5 Å². The van der Waals surface area contributed by atoms with Gasteiger partial charge in [-0.1, -0.05) is 41.9 Å². The number of amides is 1. The van der Waals surface area contributed by atoms with E-state index in [2.05, 4.69) is 10.3 Å². The van der Waals surface area contributed by atoms with Gasteiger partial charge in [0.1, 0.15) is 5.15 Å². The van der Waals surface area contributed by atoms with Crippen molar-refractivity contribution in [1.82, 2.24) is 10.3 Å². The first-order valence-electron chi connectivity index (χ1n) is 5.78. The molecule has 6 heteroatoms. The number of aromatic nitrogens is 1. The van der Waals surface area contributed by atoms with Crippen LogP contribution in [0.1, 0.15) is 22.0 Å². The second-order valence-electron chi connectivity index (χ2n) is 4.02. The number of carbonyl (C=O) groups excluding carboxylic acids is 1. The lowest BCUT2D eigenvalue weighted by molar-refractivity contribution is -0.139. The number of carboxylic acid groups (broad SMARTS) is 1. The quantitative estimate of drug-likeness (QED) is 0.847. The number of hydrogen-bond acceptors (Lipinski definition) is 3. The molecule has 1 amide bonds. The fourth-order valence-electron chi connectivity index (χ4n) is 1.69. The number of rotatable bonds is 4.